The van der Waals surface area contributed by atoms with Gasteiger partial charge in [0.1, 0.15) is 5.37 Å². The van der Waals surface area contributed by atoms with Crippen LogP contribution in [0, 0.1) is 0 Å². The maximum atomic E-state index is 12.6. The highest BCUT2D eigenvalue weighted by molar-refractivity contribution is 8.00. The Bertz CT molecular complexity index is 1100. The summed E-state index contributed by atoms with van der Waals surface area (Å²) in [5.41, 5.74) is 4.27. The molecule has 1 aliphatic heterocycles. The minimum atomic E-state index is -0.254. The Kier molecular flexibility index (Phi) is 6.35. The summed E-state index contributed by atoms with van der Waals surface area (Å²) in [6.07, 6.45) is 0. The van der Waals surface area contributed by atoms with E-state index in [1.54, 1.807) is 36.0 Å². The van der Waals surface area contributed by atoms with Crippen molar-refractivity contribution in [1.82, 2.24) is 0 Å². The molecule has 31 heavy (non-hydrogen) atoms. The van der Waals surface area contributed by atoms with E-state index in [1.807, 2.05) is 41.3 Å². The third kappa shape index (κ3) is 4.63. The smallest absolute Gasteiger partial charge is 0.257 e. The maximum absolute atomic E-state index is 12.6. The highest BCUT2D eigenvalue weighted by Crippen LogP contribution is 2.42. The summed E-state index contributed by atoms with van der Waals surface area (Å²) in [6.45, 7) is 4.31. The number of hydrogen-bond acceptors (Lipinski definition) is 3. The Hall–Kier alpha value is -2.76. The highest BCUT2D eigenvalue weighted by atomic mass is 35.5. The van der Waals surface area contributed by atoms with Gasteiger partial charge in [-0.2, -0.15) is 0 Å². The predicted octanol–water partition coefficient (Wildman–Crippen LogP) is 6.49. The van der Waals surface area contributed by atoms with Crippen LogP contribution in [-0.4, -0.2) is 17.6 Å². The lowest BCUT2D eigenvalue weighted by molar-refractivity contribution is -0.115. The second kappa shape index (κ2) is 9.16. The van der Waals surface area contributed by atoms with Gasteiger partial charge in [0.15, 0.2) is 0 Å². The second-order valence-electron chi connectivity index (χ2n) is 7.73. The maximum Gasteiger partial charge on any atom is 0.257 e. The van der Waals surface area contributed by atoms with Crippen LogP contribution in [0.2, 0.25) is 5.02 Å². The van der Waals surface area contributed by atoms with Crippen LogP contribution in [0.15, 0.2) is 72.8 Å². The number of hydrogen-bond donors (Lipinski definition) is 1. The molecule has 0 aromatic heterocycles. The average molecular weight is 451 g/mol. The number of amides is 2. The van der Waals surface area contributed by atoms with Gasteiger partial charge in [-0.3, -0.25) is 14.5 Å². The molecule has 0 spiro atoms. The third-order valence-corrected chi connectivity index (χ3v) is 6.82. The van der Waals surface area contributed by atoms with E-state index in [-0.39, 0.29) is 17.2 Å². The molecule has 0 radical (unpaired) electrons. The molecule has 1 N–H and O–H groups in total. The van der Waals surface area contributed by atoms with Crippen LogP contribution in [0.3, 0.4) is 0 Å². The first kappa shape index (κ1) is 21.5. The van der Waals surface area contributed by atoms with E-state index in [9.17, 15) is 9.59 Å². The van der Waals surface area contributed by atoms with E-state index >= 15 is 0 Å². The van der Waals surface area contributed by atoms with Gasteiger partial charge >= 0.3 is 0 Å². The number of halogens is 1. The summed E-state index contributed by atoms with van der Waals surface area (Å²) < 4.78 is 0. The molecule has 1 atom stereocenters. The van der Waals surface area contributed by atoms with Crippen LogP contribution in [0.1, 0.15) is 46.6 Å². The van der Waals surface area contributed by atoms with Crippen molar-refractivity contribution in [2.24, 2.45) is 0 Å². The molecule has 0 saturated carbocycles. The SMILES string of the molecule is CC(C)c1ccc(N2C(=O)CS[C@@H]2c2ccc(NC(=O)c3ccccc3Cl)cc2)cc1. The molecule has 1 fully saturated rings. The van der Waals surface area contributed by atoms with Crippen molar-refractivity contribution in [2.75, 3.05) is 16.0 Å². The molecule has 158 valence electrons. The topological polar surface area (TPSA) is 49.4 Å². The summed E-state index contributed by atoms with van der Waals surface area (Å²) in [5, 5.41) is 3.20. The zero-order valence-corrected chi connectivity index (χ0v) is 18.9. The Labute approximate surface area is 191 Å². The molecule has 0 aliphatic carbocycles. The van der Waals surface area contributed by atoms with Gasteiger partial charge in [0, 0.05) is 11.4 Å². The van der Waals surface area contributed by atoms with Gasteiger partial charge in [0.25, 0.3) is 5.91 Å². The van der Waals surface area contributed by atoms with Crippen molar-refractivity contribution in [3.63, 3.8) is 0 Å². The Morgan fingerprint density at radius 2 is 1.71 bits per heavy atom. The lowest BCUT2D eigenvalue weighted by Gasteiger charge is -2.25. The van der Waals surface area contributed by atoms with Gasteiger partial charge < -0.3 is 5.32 Å². The van der Waals surface area contributed by atoms with E-state index in [4.69, 9.17) is 11.6 Å². The number of nitrogens with one attached hydrogen (secondary N) is 1. The molecule has 3 aromatic rings. The zero-order valence-electron chi connectivity index (χ0n) is 17.3. The van der Waals surface area contributed by atoms with Crippen molar-refractivity contribution in [3.05, 3.63) is 94.5 Å². The van der Waals surface area contributed by atoms with Gasteiger partial charge in [-0.15, -0.1) is 11.8 Å². The zero-order chi connectivity index (χ0) is 22.0. The Morgan fingerprint density at radius 3 is 2.35 bits per heavy atom. The van der Waals surface area contributed by atoms with Gasteiger partial charge in [0.2, 0.25) is 5.91 Å². The molecule has 2 amide bonds. The van der Waals surface area contributed by atoms with Crippen LogP contribution >= 0.6 is 23.4 Å². The molecule has 0 bridgehead atoms. The van der Waals surface area contributed by atoms with Crippen LogP contribution in [0.5, 0.6) is 0 Å². The van der Waals surface area contributed by atoms with Gasteiger partial charge in [-0.05, 0) is 53.4 Å². The van der Waals surface area contributed by atoms with Crippen molar-refractivity contribution < 1.29 is 9.59 Å². The fourth-order valence-corrected chi connectivity index (χ4v) is 4.94. The van der Waals surface area contributed by atoms with E-state index in [2.05, 4.69) is 31.3 Å². The number of carbonyl (C=O) groups is 2. The van der Waals surface area contributed by atoms with Crippen LogP contribution in [0.25, 0.3) is 0 Å². The quantitative estimate of drug-likeness (QED) is 0.483. The van der Waals surface area contributed by atoms with E-state index in [1.165, 1.54) is 5.56 Å². The minimum Gasteiger partial charge on any atom is -0.322 e. The van der Waals surface area contributed by atoms with Gasteiger partial charge in [-0.25, -0.2) is 0 Å². The highest BCUT2D eigenvalue weighted by Gasteiger charge is 2.34. The predicted molar refractivity (Wildman–Crippen MR) is 129 cm³/mol. The van der Waals surface area contributed by atoms with Crippen LogP contribution in [-0.2, 0) is 4.79 Å². The molecular formula is C25H23ClN2O2S. The summed E-state index contributed by atoms with van der Waals surface area (Å²) in [6, 6.07) is 22.8. The largest absolute Gasteiger partial charge is 0.322 e. The van der Waals surface area contributed by atoms with E-state index in [0.29, 0.717) is 27.9 Å². The number of thioether (sulfide) groups is 1. The van der Waals surface area contributed by atoms with Crippen LogP contribution in [0.4, 0.5) is 11.4 Å². The van der Waals surface area contributed by atoms with Crippen molar-refractivity contribution in [3.8, 4) is 0 Å². The van der Waals surface area contributed by atoms with E-state index < -0.39 is 0 Å². The molecule has 4 rings (SSSR count). The second-order valence-corrected chi connectivity index (χ2v) is 9.21. The first-order chi connectivity index (χ1) is 14.9. The fraction of sp³-hybridized carbons (Fsp3) is 0.200. The number of anilines is 2. The molecule has 0 unspecified atom stereocenters. The standard InChI is InChI=1S/C25H23ClN2O2S/c1-16(2)17-9-13-20(14-10-17)28-23(29)15-31-25(28)18-7-11-19(12-8-18)27-24(30)21-5-3-4-6-22(21)26/h3-14,16,25H,15H2,1-2H3,(H,27,30)/t25-/m1/s1. The Balaban J connectivity index is 1.51. The van der Waals surface area contributed by atoms with Gasteiger partial charge in [-0.1, -0.05) is 61.8 Å². The van der Waals surface area contributed by atoms with E-state index in [0.717, 1.165) is 11.3 Å². The Morgan fingerprint density at radius 1 is 1.03 bits per heavy atom. The van der Waals surface area contributed by atoms with Gasteiger partial charge in [0.05, 0.1) is 16.3 Å². The summed E-state index contributed by atoms with van der Waals surface area (Å²) >= 11 is 7.72. The first-order valence-corrected chi connectivity index (χ1v) is 11.6. The summed E-state index contributed by atoms with van der Waals surface area (Å²) in [5.74, 6) is 0.739. The lowest BCUT2D eigenvalue weighted by Crippen LogP contribution is -2.27. The fourth-order valence-electron chi connectivity index (χ4n) is 3.54. The lowest BCUT2D eigenvalue weighted by atomic mass is 10.0. The molecule has 6 heteroatoms. The molecular weight excluding hydrogens is 428 g/mol. The number of carbonyl (C=O) groups excluding carboxylic acids is 2. The molecule has 1 heterocycles. The molecule has 1 aliphatic rings. The van der Waals surface area contributed by atoms with Crippen molar-refractivity contribution in [1.29, 1.82) is 0 Å². The summed E-state index contributed by atoms with van der Waals surface area (Å²) in [4.78, 5) is 26.9. The molecule has 1 saturated heterocycles. The number of benzene rings is 3. The summed E-state index contributed by atoms with van der Waals surface area (Å²) in [7, 11) is 0. The monoisotopic (exact) mass is 450 g/mol. The molecule has 4 nitrogen and oxygen atoms in total. The van der Waals surface area contributed by atoms with Crippen molar-refractivity contribution in [2.45, 2.75) is 25.1 Å². The molecule has 3 aromatic carbocycles. The normalized spacial score (nSPS) is 16.1. The minimum absolute atomic E-state index is 0.0919. The van der Waals surface area contributed by atoms with Crippen molar-refractivity contribution >= 4 is 46.6 Å². The number of nitrogens with zero attached hydrogens (tertiary/aromatic N) is 1. The third-order valence-electron chi connectivity index (χ3n) is 5.28. The number of rotatable bonds is 5. The first-order valence-electron chi connectivity index (χ1n) is 10.1. The average Bonchev–Trinajstić information content (AvgIpc) is 3.16. The van der Waals surface area contributed by atoms with Crippen LogP contribution < -0.4 is 10.2 Å².